The molecule has 2 heterocycles. The SMILES string of the molecule is Cc1cc(C#N)cc(N2CCC(C(C)C)C2)n1. The largest absolute Gasteiger partial charge is 0.356 e. The lowest BCUT2D eigenvalue weighted by molar-refractivity contribution is 0.422. The predicted molar refractivity (Wildman–Crippen MR) is 68.8 cm³/mol. The van der Waals surface area contributed by atoms with E-state index in [4.69, 9.17) is 5.26 Å². The highest BCUT2D eigenvalue weighted by Gasteiger charge is 2.25. The predicted octanol–water partition coefficient (Wildman–Crippen LogP) is 2.74. The van der Waals surface area contributed by atoms with Crippen LogP contribution in [-0.4, -0.2) is 18.1 Å². The van der Waals surface area contributed by atoms with Crippen LogP contribution < -0.4 is 4.90 Å². The first-order valence-corrected chi connectivity index (χ1v) is 6.24. The van der Waals surface area contributed by atoms with Gasteiger partial charge in [-0.15, -0.1) is 0 Å². The quantitative estimate of drug-likeness (QED) is 0.783. The Kier molecular flexibility index (Phi) is 3.33. The van der Waals surface area contributed by atoms with Crippen molar-refractivity contribution in [3.05, 3.63) is 23.4 Å². The number of anilines is 1. The molecule has 0 aliphatic carbocycles. The van der Waals surface area contributed by atoms with Gasteiger partial charge in [0.2, 0.25) is 0 Å². The first kappa shape index (κ1) is 11.9. The van der Waals surface area contributed by atoms with Gasteiger partial charge in [0.1, 0.15) is 5.82 Å². The number of hydrogen-bond donors (Lipinski definition) is 0. The molecule has 3 nitrogen and oxygen atoms in total. The van der Waals surface area contributed by atoms with Gasteiger partial charge in [0.25, 0.3) is 0 Å². The monoisotopic (exact) mass is 229 g/mol. The first-order valence-electron chi connectivity index (χ1n) is 6.24. The summed E-state index contributed by atoms with van der Waals surface area (Å²) in [5.41, 5.74) is 1.63. The van der Waals surface area contributed by atoms with Crippen LogP contribution in [0.5, 0.6) is 0 Å². The van der Waals surface area contributed by atoms with Crippen LogP contribution in [0.25, 0.3) is 0 Å². The van der Waals surface area contributed by atoms with Crippen LogP contribution in [0.15, 0.2) is 12.1 Å². The molecule has 1 aromatic rings. The molecular weight excluding hydrogens is 210 g/mol. The average molecular weight is 229 g/mol. The van der Waals surface area contributed by atoms with Crippen molar-refractivity contribution in [1.29, 1.82) is 5.26 Å². The smallest absolute Gasteiger partial charge is 0.130 e. The molecular formula is C14H19N3. The van der Waals surface area contributed by atoms with Gasteiger partial charge in [0.05, 0.1) is 11.6 Å². The highest BCUT2D eigenvalue weighted by atomic mass is 15.2. The minimum Gasteiger partial charge on any atom is -0.356 e. The Balaban J connectivity index is 2.19. The molecule has 3 heteroatoms. The average Bonchev–Trinajstić information content (AvgIpc) is 2.77. The molecule has 1 unspecified atom stereocenters. The molecule has 1 aliphatic rings. The normalized spacial score (nSPS) is 19.7. The first-order chi connectivity index (χ1) is 8.10. The van der Waals surface area contributed by atoms with E-state index in [-0.39, 0.29) is 0 Å². The Morgan fingerprint density at radius 3 is 2.82 bits per heavy atom. The summed E-state index contributed by atoms with van der Waals surface area (Å²) < 4.78 is 0. The second-order valence-corrected chi connectivity index (χ2v) is 5.21. The molecule has 1 saturated heterocycles. The summed E-state index contributed by atoms with van der Waals surface area (Å²) in [5.74, 6) is 2.44. The van der Waals surface area contributed by atoms with Gasteiger partial charge >= 0.3 is 0 Å². The van der Waals surface area contributed by atoms with Crippen LogP contribution in [0.1, 0.15) is 31.5 Å². The molecule has 0 aromatic carbocycles. The van der Waals surface area contributed by atoms with Crippen LogP contribution >= 0.6 is 0 Å². The molecule has 0 amide bonds. The Hall–Kier alpha value is -1.56. The summed E-state index contributed by atoms with van der Waals surface area (Å²) in [5, 5.41) is 8.97. The van der Waals surface area contributed by atoms with E-state index in [0.717, 1.165) is 36.4 Å². The zero-order valence-corrected chi connectivity index (χ0v) is 10.8. The molecule has 2 rings (SSSR count). The lowest BCUT2D eigenvalue weighted by atomic mass is 9.95. The van der Waals surface area contributed by atoms with Crippen molar-refractivity contribution in [3.63, 3.8) is 0 Å². The van der Waals surface area contributed by atoms with Crippen molar-refractivity contribution < 1.29 is 0 Å². The van der Waals surface area contributed by atoms with E-state index in [1.54, 1.807) is 0 Å². The van der Waals surface area contributed by atoms with Gasteiger partial charge in [0.15, 0.2) is 0 Å². The molecule has 1 aliphatic heterocycles. The van der Waals surface area contributed by atoms with Crippen molar-refractivity contribution in [2.24, 2.45) is 11.8 Å². The molecule has 1 fully saturated rings. The van der Waals surface area contributed by atoms with Gasteiger partial charge in [-0.25, -0.2) is 4.98 Å². The van der Waals surface area contributed by atoms with Crippen molar-refractivity contribution in [2.75, 3.05) is 18.0 Å². The molecule has 1 aromatic heterocycles. The van der Waals surface area contributed by atoms with Crippen molar-refractivity contribution >= 4 is 5.82 Å². The number of nitrogens with zero attached hydrogens (tertiary/aromatic N) is 3. The molecule has 0 saturated carbocycles. The zero-order chi connectivity index (χ0) is 12.4. The van der Waals surface area contributed by atoms with Crippen LogP contribution in [0.4, 0.5) is 5.82 Å². The molecule has 0 radical (unpaired) electrons. The summed E-state index contributed by atoms with van der Waals surface area (Å²) >= 11 is 0. The minimum atomic E-state index is 0.709. The van der Waals surface area contributed by atoms with E-state index in [1.165, 1.54) is 6.42 Å². The summed E-state index contributed by atoms with van der Waals surface area (Å²) in [7, 11) is 0. The number of hydrogen-bond acceptors (Lipinski definition) is 3. The zero-order valence-electron chi connectivity index (χ0n) is 10.8. The molecule has 90 valence electrons. The second kappa shape index (κ2) is 4.75. The maximum atomic E-state index is 8.97. The van der Waals surface area contributed by atoms with Crippen molar-refractivity contribution in [1.82, 2.24) is 4.98 Å². The Morgan fingerprint density at radius 2 is 2.24 bits per heavy atom. The minimum absolute atomic E-state index is 0.709. The van der Waals surface area contributed by atoms with E-state index < -0.39 is 0 Å². The van der Waals surface area contributed by atoms with E-state index >= 15 is 0 Å². The topological polar surface area (TPSA) is 39.9 Å². The molecule has 0 spiro atoms. The van der Waals surface area contributed by atoms with Gasteiger partial charge in [-0.3, -0.25) is 0 Å². The van der Waals surface area contributed by atoms with Crippen LogP contribution in [0, 0.1) is 30.1 Å². The Morgan fingerprint density at radius 1 is 1.47 bits per heavy atom. The third-order valence-corrected chi connectivity index (χ3v) is 3.56. The van der Waals surface area contributed by atoms with Gasteiger partial charge < -0.3 is 4.90 Å². The van der Waals surface area contributed by atoms with Crippen LogP contribution in [-0.2, 0) is 0 Å². The summed E-state index contributed by atoms with van der Waals surface area (Å²) in [6.45, 7) is 8.63. The van der Waals surface area contributed by atoms with Gasteiger partial charge in [-0.1, -0.05) is 13.8 Å². The molecule has 0 N–H and O–H groups in total. The lowest BCUT2D eigenvalue weighted by Gasteiger charge is -2.19. The maximum Gasteiger partial charge on any atom is 0.130 e. The van der Waals surface area contributed by atoms with Crippen molar-refractivity contribution in [2.45, 2.75) is 27.2 Å². The van der Waals surface area contributed by atoms with Crippen molar-refractivity contribution in [3.8, 4) is 6.07 Å². The fraction of sp³-hybridized carbons (Fsp3) is 0.571. The van der Waals surface area contributed by atoms with E-state index in [2.05, 4.69) is 29.8 Å². The Labute approximate surface area is 103 Å². The lowest BCUT2D eigenvalue weighted by Crippen LogP contribution is -2.22. The van der Waals surface area contributed by atoms with Gasteiger partial charge in [-0.05, 0) is 37.3 Å². The number of pyridine rings is 1. The van der Waals surface area contributed by atoms with Gasteiger partial charge in [0, 0.05) is 18.8 Å². The molecule has 17 heavy (non-hydrogen) atoms. The molecule has 0 bridgehead atoms. The number of aromatic nitrogens is 1. The maximum absolute atomic E-state index is 8.97. The second-order valence-electron chi connectivity index (χ2n) is 5.21. The van der Waals surface area contributed by atoms with E-state index in [1.807, 2.05) is 19.1 Å². The number of rotatable bonds is 2. The number of aryl methyl sites for hydroxylation is 1. The highest BCUT2D eigenvalue weighted by molar-refractivity contribution is 5.47. The Bertz CT molecular complexity index is 445. The third kappa shape index (κ3) is 2.58. The third-order valence-electron chi connectivity index (χ3n) is 3.56. The summed E-state index contributed by atoms with van der Waals surface area (Å²) in [4.78, 5) is 6.84. The standard InChI is InChI=1S/C14H19N3/c1-10(2)13-4-5-17(9-13)14-7-12(8-15)6-11(3)16-14/h6-7,10,13H,4-5,9H2,1-3H3. The summed E-state index contributed by atoms with van der Waals surface area (Å²) in [6.07, 6.45) is 1.23. The molecule has 1 atom stereocenters. The van der Waals surface area contributed by atoms with E-state index in [9.17, 15) is 0 Å². The van der Waals surface area contributed by atoms with E-state index in [0.29, 0.717) is 5.56 Å². The van der Waals surface area contributed by atoms with Gasteiger partial charge in [-0.2, -0.15) is 5.26 Å². The summed E-state index contributed by atoms with van der Waals surface area (Å²) in [6, 6.07) is 5.93. The fourth-order valence-electron chi connectivity index (χ4n) is 2.42. The van der Waals surface area contributed by atoms with Crippen LogP contribution in [0.3, 0.4) is 0 Å². The van der Waals surface area contributed by atoms with Crippen LogP contribution in [0.2, 0.25) is 0 Å². The number of nitriles is 1. The highest BCUT2D eigenvalue weighted by Crippen LogP contribution is 2.27. The fourth-order valence-corrected chi connectivity index (χ4v) is 2.42.